The molecule has 0 aliphatic rings. The van der Waals surface area contributed by atoms with Gasteiger partial charge in [0, 0.05) is 10.0 Å². The van der Waals surface area contributed by atoms with E-state index in [9.17, 15) is 13.2 Å². The molecule has 1 amide bonds. The van der Waals surface area contributed by atoms with Gasteiger partial charge in [0.25, 0.3) is 10.0 Å². The Labute approximate surface area is 221 Å². The Morgan fingerprint density at radius 1 is 0.806 bits per heavy atom. The standard InChI is InChI=1S/C28H24Cl2N2O3S/c1-20-12-14-22(15-13-20)28(21-8-4-2-5-9-21)31-27(33)19-32(25-17-23(29)16-24(30)18-25)36(34,35)26-10-6-3-7-11-26/h2-18,28H,19H2,1H3,(H,31,33)/t28-/m1/s1. The summed E-state index contributed by atoms with van der Waals surface area (Å²) in [6.45, 7) is 1.52. The van der Waals surface area contributed by atoms with E-state index >= 15 is 0 Å². The molecule has 0 aromatic heterocycles. The van der Waals surface area contributed by atoms with E-state index in [1.165, 1.54) is 30.3 Å². The van der Waals surface area contributed by atoms with Crippen LogP contribution in [0, 0.1) is 6.92 Å². The maximum Gasteiger partial charge on any atom is 0.264 e. The number of sulfonamides is 1. The lowest BCUT2D eigenvalue weighted by Gasteiger charge is -2.26. The van der Waals surface area contributed by atoms with Crippen molar-refractivity contribution in [2.45, 2.75) is 17.9 Å². The lowest BCUT2D eigenvalue weighted by atomic mass is 9.98. The van der Waals surface area contributed by atoms with Crippen molar-refractivity contribution in [3.63, 3.8) is 0 Å². The van der Waals surface area contributed by atoms with Gasteiger partial charge in [0.1, 0.15) is 6.54 Å². The highest BCUT2D eigenvalue weighted by Crippen LogP contribution is 2.30. The molecule has 5 nitrogen and oxygen atoms in total. The molecule has 0 spiro atoms. The fourth-order valence-corrected chi connectivity index (χ4v) is 5.76. The number of hydrogen-bond donors (Lipinski definition) is 1. The predicted octanol–water partition coefficient (Wildman–Crippen LogP) is 6.40. The van der Waals surface area contributed by atoms with Crippen LogP contribution in [0.5, 0.6) is 0 Å². The molecule has 1 N–H and O–H groups in total. The van der Waals surface area contributed by atoms with Crippen molar-refractivity contribution >= 4 is 44.8 Å². The molecular formula is C28H24Cl2N2O3S. The Morgan fingerprint density at radius 2 is 1.33 bits per heavy atom. The minimum atomic E-state index is -4.10. The Balaban J connectivity index is 1.70. The number of aryl methyl sites for hydroxylation is 1. The molecule has 4 aromatic carbocycles. The number of benzene rings is 4. The van der Waals surface area contributed by atoms with Crippen LogP contribution in [0.25, 0.3) is 0 Å². The summed E-state index contributed by atoms with van der Waals surface area (Å²) >= 11 is 12.4. The van der Waals surface area contributed by atoms with Crippen LogP contribution in [0.2, 0.25) is 10.0 Å². The van der Waals surface area contributed by atoms with E-state index < -0.39 is 28.5 Å². The summed E-state index contributed by atoms with van der Waals surface area (Å²) in [5.41, 5.74) is 3.04. The third kappa shape index (κ3) is 6.08. The summed E-state index contributed by atoms with van der Waals surface area (Å²) < 4.78 is 28.2. The van der Waals surface area contributed by atoms with Crippen molar-refractivity contribution in [2.24, 2.45) is 0 Å². The Hall–Kier alpha value is -3.32. The third-order valence-corrected chi connectivity index (χ3v) is 7.83. The molecule has 0 aliphatic carbocycles. The molecule has 0 heterocycles. The van der Waals surface area contributed by atoms with Gasteiger partial charge in [-0.1, -0.05) is 102 Å². The molecule has 0 bridgehead atoms. The highest BCUT2D eigenvalue weighted by Gasteiger charge is 2.29. The third-order valence-electron chi connectivity index (χ3n) is 5.60. The number of anilines is 1. The van der Waals surface area contributed by atoms with Crippen LogP contribution in [0.3, 0.4) is 0 Å². The van der Waals surface area contributed by atoms with Crippen LogP contribution >= 0.6 is 23.2 Å². The molecule has 36 heavy (non-hydrogen) atoms. The minimum absolute atomic E-state index is 0.0482. The molecule has 0 radical (unpaired) electrons. The number of nitrogens with zero attached hydrogens (tertiary/aromatic N) is 1. The Morgan fingerprint density at radius 3 is 1.92 bits per heavy atom. The van der Waals surface area contributed by atoms with Gasteiger partial charge in [-0.3, -0.25) is 9.10 Å². The van der Waals surface area contributed by atoms with Crippen LogP contribution in [0.15, 0.2) is 108 Å². The van der Waals surface area contributed by atoms with Crippen LogP contribution < -0.4 is 9.62 Å². The van der Waals surface area contributed by atoms with Gasteiger partial charge in [-0.15, -0.1) is 0 Å². The number of carbonyl (C=O) groups excluding carboxylic acids is 1. The first-order chi connectivity index (χ1) is 17.2. The average molecular weight is 539 g/mol. The van der Waals surface area contributed by atoms with E-state index in [-0.39, 0.29) is 20.6 Å². The van der Waals surface area contributed by atoms with Gasteiger partial charge < -0.3 is 5.32 Å². The number of carbonyl (C=O) groups is 1. The molecule has 4 rings (SSSR count). The van der Waals surface area contributed by atoms with Crippen LogP contribution in [-0.2, 0) is 14.8 Å². The zero-order chi connectivity index (χ0) is 25.7. The second kappa shape index (κ2) is 11.2. The van der Waals surface area contributed by atoms with E-state index in [0.717, 1.165) is 21.0 Å². The lowest BCUT2D eigenvalue weighted by Crippen LogP contribution is -2.42. The summed E-state index contributed by atoms with van der Waals surface area (Å²) in [6.07, 6.45) is 0. The maximum atomic E-state index is 13.6. The smallest absolute Gasteiger partial charge is 0.264 e. The van der Waals surface area contributed by atoms with Gasteiger partial charge >= 0.3 is 0 Å². The fourth-order valence-electron chi connectivity index (χ4n) is 3.82. The van der Waals surface area contributed by atoms with Crippen molar-refractivity contribution in [1.82, 2.24) is 5.32 Å². The first-order valence-corrected chi connectivity index (χ1v) is 13.4. The van der Waals surface area contributed by atoms with Crippen LogP contribution in [0.1, 0.15) is 22.7 Å². The molecule has 0 fully saturated rings. The van der Waals surface area contributed by atoms with Crippen molar-refractivity contribution in [2.75, 3.05) is 10.8 Å². The Bertz CT molecular complexity index is 1430. The first kappa shape index (κ1) is 25.8. The molecule has 0 saturated carbocycles. The Kier molecular flexibility index (Phi) is 7.99. The number of rotatable bonds is 8. The fraction of sp³-hybridized carbons (Fsp3) is 0.107. The average Bonchev–Trinajstić information content (AvgIpc) is 2.87. The largest absolute Gasteiger partial charge is 0.344 e. The van der Waals surface area contributed by atoms with Gasteiger partial charge in [0.05, 0.1) is 16.6 Å². The monoisotopic (exact) mass is 538 g/mol. The summed E-state index contributed by atoms with van der Waals surface area (Å²) in [5, 5.41) is 3.53. The van der Waals surface area contributed by atoms with E-state index in [1.807, 2.05) is 61.5 Å². The highest BCUT2D eigenvalue weighted by molar-refractivity contribution is 7.92. The molecule has 8 heteroatoms. The zero-order valence-corrected chi connectivity index (χ0v) is 21.8. The summed E-state index contributed by atoms with van der Waals surface area (Å²) in [4.78, 5) is 13.5. The van der Waals surface area contributed by atoms with Crippen molar-refractivity contribution in [1.29, 1.82) is 0 Å². The summed E-state index contributed by atoms with van der Waals surface area (Å²) in [7, 11) is -4.10. The van der Waals surface area contributed by atoms with Crippen molar-refractivity contribution < 1.29 is 13.2 Å². The van der Waals surface area contributed by atoms with Gasteiger partial charge in [-0.05, 0) is 48.4 Å². The molecule has 0 aliphatic heterocycles. The van der Waals surface area contributed by atoms with Gasteiger partial charge in [0.15, 0.2) is 0 Å². The minimum Gasteiger partial charge on any atom is -0.344 e. The second-order valence-electron chi connectivity index (χ2n) is 8.27. The first-order valence-electron chi connectivity index (χ1n) is 11.2. The van der Waals surface area contributed by atoms with Gasteiger partial charge in [-0.25, -0.2) is 8.42 Å². The number of amides is 1. The zero-order valence-electron chi connectivity index (χ0n) is 19.4. The summed E-state index contributed by atoms with van der Waals surface area (Å²) in [5.74, 6) is -0.486. The molecule has 1 atom stereocenters. The maximum absolute atomic E-state index is 13.6. The lowest BCUT2D eigenvalue weighted by molar-refractivity contribution is -0.120. The van der Waals surface area contributed by atoms with Crippen LogP contribution in [-0.4, -0.2) is 20.9 Å². The normalized spacial score (nSPS) is 12.1. The van der Waals surface area contributed by atoms with E-state index in [0.29, 0.717) is 0 Å². The van der Waals surface area contributed by atoms with E-state index in [2.05, 4.69) is 5.32 Å². The topological polar surface area (TPSA) is 66.5 Å². The quantitative estimate of drug-likeness (QED) is 0.282. The van der Waals surface area contributed by atoms with Crippen molar-refractivity contribution in [3.05, 3.63) is 130 Å². The molecule has 0 unspecified atom stereocenters. The summed E-state index contributed by atoms with van der Waals surface area (Å²) in [6, 6.07) is 29.2. The molecule has 0 saturated heterocycles. The SMILES string of the molecule is Cc1ccc([C@H](NC(=O)CN(c2cc(Cl)cc(Cl)c2)S(=O)(=O)c2ccccc2)c2ccccc2)cc1. The van der Waals surface area contributed by atoms with Crippen molar-refractivity contribution in [3.8, 4) is 0 Å². The van der Waals surface area contributed by atoms with Gasteiger partial charge in [-0.2, -0.15) is 0 Å². The van der Waals surface area contributed by atoms with Crippen LogP contribution in [0.4, 0.5) is 5.69 Å². The predicted molar refractivity (Wildman–Crippen MR) is 145 cm³/mol. The second-order valence-corrected chi connectivity index (χ2v) is 11.0. The van der Waals surface area contributed by atoms with E-state index in [4.69, 9.17) is 23.2 Å². The van der Waals surface area contributed by atoms with Gasteiger partial charge in [0.2, 0.25) is 5.91 Å². The number of halogens is 2. The molecule has 4 aromatic rings. The number of nitrogens with one attached hydrogen (secondary N) is 1. The molecular weight excluding hydrogens is 515 g/mol. The highest BCUT2D eigenvalue weighted by atomic mass is 35.5. The number of hydrogen-bond acceptors (Lipinski definition) is 3. The molecule has 184 valence electrons. The van der Waals surface area contributed by atoms with E-state index in [1.54, 1.807) is 18.2 Å².